The summed E-state index contributed by atoms with van der Waals surface area (Å²) in [5, 5.41) is 22.0. The molecule has 114 valence electrons. The fourth-order valence-electron chi connectivity index (χ4n) is 2.13. The van der Waals surface area contributed by atoms with Gasteiger partial charge in [0.2, 0.25) is 0 Å². The van der Waals surface area contributed by atoms with E-state index < -0.39 is 11.8 Å². The molecule has 3 N–H and O–H groups in total. The van der Waals surface area contributed by atoms with Crippen molar-refractivity contribution in [1.82, 2.24) is 5.32 Å². The molecule has 4 nitrogen and oxygen atoms in total. The number of carboxylic acids is 1. The number of halogens is 1. The van der Waals surface area contributed by atoms with E-state index in [1.165, 1.54) is 6.07 Å². The number of nitrogens with one attached hydrogen (secondary N) is 1. The number of fused-ring (bicyclic) bond motifs is 1. The zero-order valence-corrected chi connectivity index (χ0v) is 12.7. The standard InChI is InChI=1S/C15H18FNO3S/c1-8(7-18)9(2)17-6-10-13-11(16)4-3-5-12(13)21-14(10)15(19)20/h3-5,8-9,17-18H,6-7H2,1-2H3,(H,19,20). The summed E-state index contributed by atoms with van der Waals surface area (Å²) in [7, 11) is 0. The summed E-state index contributed by atoms with van der Waals surface area (Å²) in [4.78, 5) is 11.5. The molecule has 21 heavy (non-hydrogen) atoms. The molecule has 2 aromatic rings. The smallest absolute Gasteiger partial charge is 0.346 e. The van der Waals surface area contributed by atoms with Crippen LogP contribution in [0.2, 0.25) is 0 Å². The first-order valence-electron chi connectivity index (χ1n) is 6.73. The quantitative estimate of drug-likeness (QED) is 0.767. The van der Waals surface area contributed by atoms with E-state index in [2.05, 4.69) is 5.32 Å². The number of carboxylic acid groups (broad SMARTS) is 1. The van der Waals surface area contributed by atoms with E-state index >= 15 is 0 Å². The van der Waals surface area contributed by atoms with Crippen LogP contribution in [0.5, 0.6) is 0 Å². The first kappa shape index (κ1) is 15.9. The Morgan fingerprint density at radius 3 is 2.76 bits per heavy atom. The predicted molar refractivity (Wildman–Crippen MR) is 81.3 cm³/mol. The van der Waals surface area contributed by atoms with Crippen LogP contribution in [0.15, 0.2) is 18.2 Å². The molecule has 0 aliphatic carbocycles. The largest absolute Gasteiger partial charge is 0.477 e. The van der Waals surface area contributed by atoms with Gasteiger partial charge in [-0.25, -0.2) is 9.18 Å². The van der Waals surface area contributed by atoms with Gasteiger partial charge in [0.05, 0.1) is 0 Å². The van der Waals surface area contributed by atoms with Crippen molar-refractivity contribution in [2.45, 2.75) is 26.4 Å². The van der Waals surface area contributed by atoms with Crippen molar-refractivity contribution < 1.29 is 19.4 Å². The molecule has 0 spiro atoms. The Balaban J connectivity index is 2.37. The number of rotatable bonds is 6. The molecule has 6 heteroatoms. The Labute approximate surface area is 126 Å². The van der Waals surface area contributed by atoms with Crippen molar-refractivity contribution in [2.75, 3.05) is 6.61 Å². The zero-order valence-electron chi connectivity index (χ0n) is 11.9. The van der Waals surface area contributed by atoms with Crippen molar-refractivity contribution in [2.24, 2.45) is 5.92 Å². The monoisotopic (exact) mass is 311 g/mol. The Morgan fingerprint density at radius 2 is 2.14 bits per heavy atom. The third-order valence-electron chi connectivity index (χ3n) is 3.70. The molecule has 2 unspecified atom stereocenters. The lowest BCUT2D eigenvalue weighted by atomic mass is 10.0. The molecule has 2 rings (SSSR count). The second kappa shape index (κ2) is 6.51. The second-order valence-electron chi connectivity index (χ2n) is 5.16. The van der Waals surface area contributed by atoms with Crippen molar-refractivity contribution >= 4 is 27.4 Å². The summed E-state index contributed by atoms with van der Waals surface area (Å²) >= 11 is 1.08. The van der Waals surface area contributed by atoms with Gasteiger partial charge in [-0.05, 0) is 25.0 Å². The first-order valence-corrected chi connectivity index (χ1v) is 7.54. The molecule has 1 aromatic carbocycles. The van der Waals surface area contributed by atoms with Gasteiger partial charge in [-0.2, -0.15) is 0 Å². The maximum Gasteiger partial charge on any atom is 0.346 e. The van der Waals surface area contributed by atoms with E-state index in [1.807, 2.05) is 13.8 Å². The van der Waals surface area contributed by atoms with E-state index in [4.69, 9.17) is 5.11 Å². The molecular weight excluding hydrogens is 293 g/mol. The lowest BCUT2D eigenvalue weighted by molar-refractivity contribution is 0.0701. The maximum absolute atomic E-state index is 14.0. The SMILES string of the molecule is CC(CO)C(C)NCc1c(C(=O)O)sc2cccc(F)c12. The molecule has 0 fully saturated rings. The molecule has 2 atom stereocenters. The van der Waals surface area contributed by atoms with Gasteiger partial charge in [0, 0.05) is 34.8 Å². The topological polar surface area (TPSA) is 69.6 Å². The van der Waals surface area contributed by atoms with Crippen LogP contribution >= 0.6 is 11.3 Å². The average Bonchev–Trinajstić information content (AvgIpc) is 2.84. The number of aliphatic hydroxyl groups is 1. The van der Waals surface area contributed by atoms with Gasteiger partial charge in [-0.1, -0.05) is 13.0 Å². The molecule has 0 saturated carbocycles. The van der Waals surface area contributed by atoms with Crippen molar-refractivity contribution in [3.63, 3.8) is 0 Å². The summed E-state index contributed by atoms with van der Waals surface area (Å²) in [5.74, 6) is -1.42. The molecule has 1 heterocycles. The van der Waals surface area contributed by atoms with Crippen LogP contribution in [0.3, 0.4) is 0 Å². The Bertz CT molecular complexity index is 656. The van der Waals surface area contributed by atoms with Gasteiger partial charge >= 0.3 is 5.97 Å². The van der Waals surface area contributed by atoms with Crippen molar-refractivity contribution in [3.05, 3.63) is 34.5 Å². The maximum atomic E-state index is 14.0. The highest BCUT2D eigenvalue weighted by Gasteiger charge is 2.21. The van der Waals surface area contributed by atoms with Crippen LogP contribution in [0, 0.1) is 11.7 Å². The molecule has 0 saturated heterocycles. The van der Waals surface area contributed by atoms with Gasteiger partial charge < -0.3 is 15.5 Å². The van der Waals surface area contributed by atoms with Crippen LogP contribution in [0.25, 0.3) is 10.1 Å². The van der Waals surface area contributed by atoms with Crippen LogP contribution in [0.1, 0.15) is 29.1 Å². The highest BCUT2D eigenvalue weighted by molar-refractivity contribution is 7.21. The van der Waals surface area contributed by atoms with E-state index in [0.29, 0.717) is 15.6 Å². The molecule has 1 aromatic heterocycles. The van der Waals surface area contributed by atoms with Crippen molar-refractivity contribution in [1.29, 1.82) is 0 Å². The number of aromatic carboxylic acids is 1. The minimum atomic E-state index is -1.05. The van der Waals surface area contributed by atoms with E-state index in [-0.39, 0.29) is 30.0 Å². The Morgan fingerprint density at radius 1 is 1.43 bits per heavy atom. The first-order chi connectivity index (χ1) is 9.95. The predicted octanol–water partition coefficient (Wildman–Crippen LogP) is 2.85. The molecule has 0 aliphatic rings. The van der Waals surface area contributed by atoms with Gasteiger partial charge in [0.15, 0.2) is 0 Å². The third-order valence-corrected chi connectivity index (χ3v) is 4.89. The number of benzene rings is 1. The van der Waals surface area contributed by atoms with Crippen LogP contribution in [0.4, 0.5) is 4.39 Å². The minimum Gasteiger partial charge on any atom is -0.477 e. The van der Waals surface area contributed by atoms with E-state index in [9.17, 15) is 14.3 Å². The fraction of sp³-hybridized carbons (Fsp3) is 0.400. The number of thiophene rings is 1. The lowest BCUT2D eigenvalue weighted by Crippen LogP contribution is -2.33. The highest BCUT2D eigenvalue weighted by Crippen LogP contribution is 2.33. The van der Waals surface area contributed by atoms with E-state index in [1.54, 1.807) is 12.1 Å². The number of aliphatic hydroxyl groups excluding tert-OH is 1. The number of hydrogen-bond donors (Lipinski definition) is 3. The van der Waals surface area contributed by atoms with Gasteiger partial charge in [-0.3, -0.25) is 0 Å². The summed E-state index contributed by atoms with van der Waals surface area (Å²) in [6.45, 7) is 4.10. The van der Waals surface area contributed by atoms with Gasteiger partial charge in [0.1, 0.15) is 10.7 Å². The average molecular weight is 311 g/mol. The third kappa shape index (κ3) is 3.23. The number of hydrogen-bond acceptors (Lipinski definition) is 4. The van der Waals surface area contributed by atoms with Crippen LogP contribution in [-0.4, -0.2) is 28.8 Å². The molecule has 0 aliphatic heterocycles. The summed E-state index contributed by atoms with van der Waals surface area (Å²) in [6.07, 6.45) is 0. The summed E-state index contributed by atoms with van der Waals surface area (Å²) in [5.41, 5.74) is 0.470. The Kier molecular flexibility index (Phi) is 4.92. The van der Waals surface area contributed by atoms with Gasteiger partial charge in [-0.15, -0.1) is 11.3 Å². The molecule has 0 radical (unpaired) electrons. The van der Waals surface area contributed by atoms with Crippen LogP contribution < -0.4 is 5.32 Å². The molecule has 0 bridgehead atoms. The summed E-state index contributed by atoms with van der Waals surface area (Å²) in [6, 6.07) is 4.63. The lowest BCUT2D eigenvalue weighted by Gasteiger charge is -2.19. The van der Waals surface area contributed by atoms with Gasteiger partial charge in [0.25, 0.3) is 0 Å². The minimum absolute atomic E-state index is 0.00151. The highest BCUT2D eigenvalue weighted by atomic mass is 32.1. The van der Waals surface area contributed by atoms with Crippen molar-refractivity contribution in [3.8, 4) is 0 Å². The second-order valence-corrected chi connectivity index (χ2v) is 6.21. The fourth-order valence-corrected chi connectivity index (χ4v) is 3.21. The Hall–Kier alpha value is -1.50. The normalized spacial score (nSPS) is 14.3. The van der Waals surface area contributed by atoms with Crippen LogP contribution in [-0.2, 0) is 6.54 Å². The molecular formula is C15H18FNO3S. The summed E-state index contributed by atoms with van der Waals surface area (Å²) < 4.78 is 14.7. The number of carbonyl (C=O) groups is 1. The zero-order chi connectivity index (χ0) is 15.6. The molecule has 0 amide bonds. The van der Waals surface area contributed by atoms with E-state index in [0.717, 1.165) is 11.3 Å².